The van der Waals surface area contributed by atoms with Gasteiger partial charge in [0.2, 0.25) is 0 Å². The summed E-state index contributed by atoms with van der Waals surface area (Å²) in [4.78, 5) is 19.8. The van der Waals surface area contributed by atoms with Crippen LogP contribution in [-0.4, -0.2) is 46.3 Å². The van der Waals surface area contributed by atoms with Gasteiger partial charge in [-0.2, -0.15) is 0 Å². The summed E-state index contributed by atoms with van der Waals surface area (Å²) in [6.07, 6.45) is 1.74. The van der Waals surface area contributed by atoms with E-state index in [0.717, 1.165) is 54.5 Å². The smallest absolute Gasteiger partial charge is 0.276 e. The van der Waals surface area contributed by atoms with Crippen molar-refractivity contribution in [2.45, 2.75) is 46.1 Å². The topological polar surface area (TPSA) is 71.9 Å². The second-order valence-corrected chi connectivity index (χ2v) is 7.88. The molecular formula is C23H30N4O3. The fourth-order valence-corrected chi connectivity index (χ4v) is 4.38. The molecule has 2 aromatic heterocycles. The number of nitrogens with zero attached hydrogens (tertiary/aromatic N) is 3. The Morgan fingerprint density at radius 2 is 2.07 bits per heavy atom. The molecule has 0 aliphatic carbocycles. The summed E-state index contributed by atoms with van der Waals surface area (Å²) < 4.78 is 12.7. The first-order valence-corrected chi connectivity index (χ1v) is 10.7. The Balaban J connectivity index is 1.50. The van der Waals surface area contributed by atoms with Gasteiger partial charge in [-0.05, 0) is 50.9 Å². The fraction of sp³-hybridized carbons (Fsp3) is 0.478. The maximum absolute atomic E-state index is 12.7. The highest BCUT2D eigenvalue weighted by molar-refractivity contribution is 5.44. The number of likely N-dealkylation sites (tertiary alicyclic amines) is 1. The van der Waals surface area contributed by atoms with Crippen molar-refractivity contribution in [1.29, 1.82) is 0 Å². The number of nitrogens with one attached hydrogen (secondary N) is 1. The summed E-state index contributed by atoms with van der Waals surface area (Å²) in [5.41, 5.74) is 4.61. The Bertz CT molecular complexity index is 1100. The zero-order valence-electron chi connectivity index (χ0n) is 18.2. The predicted octanol–water partition coefficient (Wildman–Crippen LogP) is 3.29. The van der Waals surface area contributed by atoms with Crippen LogP contribution in [-0.2, 0) is 13.0 Å². The zero-order valence-corrected chi connectivity index (χ0v) is 18.2. The molecule has 0 bridgehead atoms. The van der Waals surface area contributed by atoms with Gasteiger partial charge >= 0.3 is 0 Å². The number of H-pyrrole nitrogens is 1. The lowest BCUT2D eigenvalue weighted by molar-refractivity contribution is 0.307. The van der Waals surface area contributed by atoms with E-state index in [2.05, 4.69) is 27.1 Å². The average Bonchev–Trinajstić information content (AvgIpc) is 3.36. The van der Waals surface area contributed by atoms with Crippen LogP contribution in [0.4, 0.5) is 0 Å². The lowest BCUT2D eigenvalue weighted by Crippen LogP contribution is -2.22. The average molecular weight is 411 g/mol. The normalized spacial score (nSPS) is 17.0. The first-order chi connectivity index (χ1) is 14.5. The molecule has 0 amide bonds. The van der Waals surface area contributed by atoms with Crippen LogP contribution in [0.3, 0.4) is 0 Å². The van der Waals surface area contributed by atoms with Crippen molar-refractivity contribution in [2.24, 2.45) is 0 Å². The van der Waals surface area contributed by atoms with E-state index in [4.69, 9.17) is 9.47 Å². The molecule has 3 heterocycles. The van der Waals surface area contributed by atoms with Crippen LogP contribution in [0.25, 0.3) is 5.65 Å². The van der Waals surface area contributed by atoms with Gasteiger partial charge in [0.25, 0.3) is 5.56 Å². The number of hydrogen-bond acceptors (Lipinski definition) is 5. The SMILES string of the molecule is CCOc1ccc(CN2CCC(c3cc4nc(C)c(CC)c(=O)n4[nH]3)C2)cc1OC. The first-order valence-electron chi connectivity index (χ1n) is 10.7. The lowest BCUT2D eigenvalue weighted by Gasteiger charge is -2.17. The molecule has 1 N–H and O–H groups in total. The summed E-state index contributed by atoms with van der Waals surface area (Å²) in [6, 6.07) is 8.17. The quantitative estimate of drug-likeness (QED) is 0.647. The first kappa shape index (κ1) is 20.5. The Morgan fingerprint density at radius 1 is 1.23 bits per heavy atom. The van der Waals surface area contributed by atoms with E-state index in [1.165, 1.54) is 5.56 Å². The van der Waals surface area contributed by atoms with Crippen LogP contribution in [0, 0.1) is 6.92 Å². The van der Waals surface area contributed by atoms with Gasteiger partial charge in [0.15, 0.2) is 17.1 Å². The second-order valence-electron chi connectivity index (χ2n) is 7.88. The number of methoxy groups -OCH3 is 1. The number of hydrogen-bond donors (Lipinski definition) is 1. The maximum atomic E-state index is 12.7. The molecule has 1 aliphatic rings. The van der Waals surface area contributed by atoms with E-state index < -0.39 is 0 Å². The monoisotopic (exact) mass is 410 g/mol. The number of aryl methyl sites for hydroxylation is 1. The third-order valence-electron chi connectivity index (χ3n) is 5.93. The summed E-state index contributed by atoms with van der Waals surface area (Å²) in [5, 5.41) is 3.31. The molecule has 0 saturated carbocycles. The fourth-order valence-electron chi connectivity index (χ4n) is 4.38. The van der Waals surface area contributed by atoms with Gasteiger partial charge in [-0.3, -0.25) is 14.8 Å². The molecule has 0 radical (unpaired) electrons. The van der Waals surface area contributed by atoms with Crippen LogP contribution < -0.4 is 15.0 Å². The van der Waals surface area contributed by atoms with E-state index in [1.807, 2.05) is 32.9 Å². The molecule has 30 heavy (non-hydrogen) atoms. The maximum Gasteiger partial charge on any atom is 0.276 e. The highest BCUT2D eigenvalue weighted by Gasteiger charge is 2.26. The Hall–Kier alpha value is -2.80. The molecule has 160 valence electrons. The Kier molecular flexibility index (Phi) is 5.81. The molecule has 0 spiro atoms. The molecular weight excluding hydrogens is 380 g/mol. The number of ether oxygens (including phenoxy) is 2. The van der Waals surface area contributed by atoms with Crippen molar-refractivity contribution in [1.82, 2.24) is 19.5 Å². The Labute approximate surface area is 176 Å². The van der Waals surface area contributed by atoms with E-state index in [9.17, 15) is 4.79 Å². The zero-order chi connectivity index (χ0) is 21.3. The van der Waals surface area contributed by atoms with Crippen molar-refractivity contribution >= 4 is 5.65 Å². The number of aromatic nitrogens is 3. The number of aromatic amines is 1. The minimum atomic E-state index is 0.0163. The van der Waals surface area contributed by atoms with Crippen LogP contribution in [0.2, 0.25) is 0 Å². The minimum Gasteiger partial charge on any atom is -0.493 e. The van der Waals surface area contributed by atoms with Crippen molar-refractivity contribution < 1.29 is 9.47 Å². The number of rotatable bonds is 7. The third-order valence-corrected chi connectivity index (χ3v) is 5.93. The summed E-state index contributed by atoms with van der Waals surface area (Å²) in [6.45, 7) is 9.30. The molecule has 4 rings (SSSR count). The van der Waals surface area contributed by atoms with Crippen LogP contribution in [0.1, 0.15) is 48.7 Å². The van der Waals surface area contributed by atoms with E-state index in [-0.39, 0.29) is 5.56 Å². The van der Waals surface area contributed by atoms with E-state index in [1.54, 1.807) is 11.6 Å². The van der Waals surface area contributed by atoms with Gasteiger partial charge in [-0.25, -0.2) is 9.50 Å². The van der Waals surface area contributed by atoms with Crippen LogP contribution in [0.15, 0.2) is 29.1 Å². The molecule has 1 aromatic carbocycles. The van der Waals surface area contributed by atoms with Gasteiger partial charge in [0.1, 0.15) is 0 Å². The summed E-state index contributed by atoms with van der Waals surface area (Å²) >= 11 is 0. The Morgan fingerprint density at radius 3 is 2.80 bits per heavy atom. The number of benzene rings is 1. The van der Waals surface area contributed by atoms with Crippen molar-refractivity contribution in [3.05, 3.63) is 57.1 Å². The molecule has 7 nitrogen and oxygen atoms in total. The molecule has 1 saturated heterocycles. The molecule has 1 unspecified atom stereocenters. The largest absolute Gasteiger partial charge is 0.493 e. The predicted molar refractivity (Wildman–Crippen MR) is 117 cm³/mol. The molecule has 1 atom stereocenters. The highest BCUT2D eigenvalue weighted by Crippen LogP contribution is 2.31. The van der Waals surface area contributed by atoms with Crippen molar-refractivity contribution in [3.8, 4) is 11.5 Å². The van der Waals surface area contributed by atoms with Crippen LogP contribution in [0.5, 0.6) is 11.5 Å². The molecule has 7 heteroatoms. The van der Waals surface area contributed by atoms with E-state index in [0.29, 0.717) is 24.6 Å². The highest BCUT2D eigenvalue weighted by atomic mass is 16.5. The van der Waals surface area contributed by atoms with Gasteiger partial charge in [-0.15, -0.1) is 0 Å². The van der Waals surface area contributed by atoms with Gasteiger partial charge in [0, 0.05) is 42.0 Å². The lowest BCUT2D eigenvalue weighted by atomic mass is 10.1. The van der Waals surface area contributed by atoms with E-state index >= 15 is 0 Å². The third kappa shape index (κ3) is 3.81. The standard InChI is InChI=1S/C23H30N4O3/c1-5-18-15(3)24-22-12-19(25-27(22)23(18)28)17-9-10-26(14-17)13-16-7-8-20(30-6-2)21(11-16)29-4/h7-8,11-12,17,25H,5-6,9-10,13-14H2,1-4H3. The van der Waals surface area contributed by atoms with Gasteiger partial charge in [-0.1, -0.05) is 13.0 Å². The molecule has 3 aromatic rings. The van der Waals surface area contributed by atoms with Crippen LogP contribution >= 0.6 is 0 Å². The summed E-state index contributed by atoms with van der Waals surface area (Å²) in [7, 11) is 1.67. The summed E-state index contributed by atoms with van der Waals surface area (Å²) in [5.74, 6) is 1.91. The second kappa shape index (κ2) is 8.52. The molecule has 1 fully saturated rings. The van der Waals surface area contributed by atoms with Gasteiger partial charge in [0.05, 0.1) is 13.7 Å². The van der Waals surface area contributed by atoms with Crippen molar-refractivity contribution in [2.75, 3.05) is 26.8 Å². The van der Waals surface area contributed by atoms with Gasteiger partial charge < -0.3 is 9.47 Å². The number of fused-ring (bicyclic) bond motifs is 1. The minimum absolute atomic E-state index is 0.0163. The van der Waals surface area contributed by atoms with Crippen molar-refractivity contribution in [3.63, 3.8) is 0 Å². The molecule has 1 aliphatic heterocycles.